The second-order valence-electron chi connectivity index (χ2n) is 4.39. The van der Waals surface area contributed by atoms with E-state index in [1.54, 1.807) is 0 Å². The number of rotatable bonds is 3. The predicted molar refractivity (Wildman–Crippen MR) is 64.6 cm³/mol. The van der Waals surface area contributed by atoms with Gasteiger partial charge in [0.15, 0.2) is 12.4 Å². The number of nitrogens with zero attached hydrogens (tertiary/aromatic N) is 2. The number of nitrogen functional groups attached to an aromatic ring is 1. The molecule has 11 heteroatoms. The molecule has 2 rings (SSSR count). The zero-order valence-corrected chi connectivity index (χ0v) is 10.9. The second-order valence-corrected chi connectivity index (χ2v) is 6.08. The number of aromatic nitrogens is 2. The van der Waals surface area contributed by atoms with Gasteiger partial charge >= 0.3 is 13.3 Å². The van der Waals surface area contributed by atoms with Gasteiger partial charge in [-0.3, -0.25) is 9.13 Å². The van der Waals surface area contributed by atoms with E-state index in [0.29, 0.717) is 0 Å². The fourth-order valence-corrected chi connectivity index (χ4v) is 2.70. The first kappa shape index (κ1) is 15.1. The molecule has 9 nitrogen and oxygen atoms in total. The van der Waals surface area contributed by atoms with Crippen LogP contribution in [0.15, 0.2) is 17.1 Å². The lowest BCUT2D eigenvalue weighted by Gasteiger charge is -2.16. The van der Waals surface area contributed by atoms with Gasteiger partial charge in [-0.1, -0.05) is 0 Å². The fourth-order valence-electron chi connectivity index (χ4n) is 1.93. The average molecular weight is 309 g/mol. The smallest absolute Gasteiger partial charge is 0.351 e. The Labute approximate surface area is 112 Å². The fraction of sp³-hybridized carbons (Fsp3) is 0.556. The van der Waals surface area contributed by atoms with Crippen molar-refractivity contribution in [2.45, 2.75) is 24.6 Å². The zero-order chi connectivity index (χ0) is 15.1. The summed E-state index contributed by atoms with van der Waals surface area (Å²) in [5.41, 5.74) is 4.40. The van der Waals surface area contributed by atoms with Crippen LogP contribution >= 0.6 is 7.60 Å². The average Bonchev–Trinajstić information content (AvgIpc) is 2.56. The number of aliphatic hydroxyl groups is 1. The van der Waals surface area contributed by atoms with Crippen molar-refractivity contribution < 1.29 is 28.6 Å². The van der Waals surface area contributed by atoms with Gasteiger partial charge in [0.25, 0.3) is 0 Å². The summed E-state index contributed by atoms with van der Waals surface area (Å²) in [6, 6.07) is 1.24. The van der Waals surface area contributed by atoms with E-state index in [9.17, 15) is 18.9 Å². The number of halogens is 1. The lowest BCUT2D eigenvalue weighted by molar-refractivity contribution is -0.0185. The molecule has 0 amide bonds. The van der Waals surface area contributed by atoms with Gasteiger partial charge in [-0.2, -0.15) is 4.98 Å². The predicted octanol–water partition coefficient (Wildman–Crippen LogP) is -1.40. The summed E-state index contributed by atoms with van der Waals surface area (Å²) in [6.07, 6.45) is -6.41. The van der Waals surface area contributed by atoms with Crippen molar-refractivity contribution >= 4 is 13.4 Å². The van der Waals surface area contributed by atoms with Crippen molar-refractivity contribution in [3.8, 4) is 0 Å². The standard InChI is InChI=1S/C9H13FN3O6P/c10-6-7(14)4(3-20(16,17)18)19-8(6)13-2-1-5(11)12-9(13)15/h1-2,4,6-8,14H,3H2,(H2,11,12,15)(H2,16,17,18)/t4-,6+,7+,8-/m1/s1. The van der Waals surface area contributed by atoms with Gasteiger partial charge in [0, 0.05) is 6.20 Å². The van der Waals surface area contributed by atoms with Gasteiger partial charge < -0.3 is 25.4 Å². The van der Waals surface area contributed by atoms with Gasteiger partial charge in [-0.15, -0.1) is 0 Å². The minimum atomic E-state index is -4.49. The summed E-state index contributed by atoms with van der Waals surface area (Å²) in [5, 5.41) is 9.59. The van der Waals surface area contributed by atoms with Crippen LogP contribution in [0.1, 0.15) is 6.23 Å². The summed E-state index contributed by atoms with van der Waals surface area (Å²) in [7, 11) is -4.49. The Morgan fingerprint density at radius 3 is 2.75 bits per heavy atom. The SMILES string of the molecule is Nc1ccn([C@@H]2O[C@H](CP(=O)(O)O)[C@H](O)[C@@H]2F)c(=O)n1. The van der Waals surface area contributed by atoms with E-state index >= 15 is 0 Å². The van der Waals surface area contributed by atoms with Crippen LogP contribution in [0.25, 0.3) is 0 Å². The van der Waals surface area contributed by atoms with Crippen molar-refractivity contribution in [2.75, 3.05) is 11.9 Å². The van der Waals surface area contributed by atoms with E-state index in [2.05, 4.69) is 4.98 Å². The molecule has 0 bridgehead atoms. The first-order valence-corrected chi connectivity index (χ1v) is 7.35. The van der Waals surface area contributed by atoms with Crippen LogP contribution < -0.4 is 11.4 Å². The third kappa shape index (κ3) is 3.05. The number of nitrogens with two attached hydrogens (primary N) is 1. The molecule has 2 heterocycles. The van der Waals surface area contributed by atoms with E-state index in [1.807, 2.05) is 0 Å². The van der Waals surface area contributed by atoms with Gasteiger partial charge in [-0.25, -0.2) is 9.18 Å². The molecule has 0 unspecified atom stereocenters. The molecule has 1 aliphatic rings. The van der Waals surface area contributed by atoms with Crippen LogP contribution in [0.5, 0.6) is 0 Å². The van der Waals surface area contributed by atoms with E-state index in [0.717, 1.165) is 10.8 Å². The molecular formula is C9H13FN3O6P. The molecule has 0 spiro atoms. The number of ether oxygens (including phenoxy) is 1. The largest absolute Gasteiger partial charge is 0.387 e. The molecular weight excluding hydrogens is 296 g/mol. The van der Waals surface area contributed by atoms with E-state index in [-0.39, 0.29) is 5.82 Å². The minimum Gasteiger partial charge on any atom is -0.387 e. The quantitative estimate of drug-likeness (QED) is 0.498. The number of anilines is 1. The topological polar surface area (TPSA) is 148 Å². The maximum Gasteiger partial charge on any atom is 0.351 e. The number of alkyl halides is 1. The van der Waals surface area contributed by atoms with Gasteiger partial charge in [-0.05, 0) is 6.07 Å². The first-order valence-electron chi connectivity index (χ1n) is 5.56. The Morgan fingerprint density at radius 2 is 2.20 bits per heavy atom. The molecule has 20 heavy (non-hydrogen) atoms. The normalized spacial score (nSPS) is 30.6. The highest BCUT2D eigenvalue weighted by atomic mass is 31.2. The first-order chi connectivity index (χ1) is 9.19. The van der Waals surface area contributed by atoms with Crippen LogP contribution in [0.4, 0.5) is 10.2 Å². The van der Waals surface area contributed by atoms with Crippen LogP contribution in [0.3, 0.4) is 0 Å². The molecule has 4 atom stereocenters. The van der Waals surface area contributed by atoms with Crippen LogP contribution in [-0.2, 0) is 9.30 Å². The maximum absolute atomic E-state index is 13.9. The van der Waals surface area contributed by atoms with Crippen molar-refractivity contribution in [2.24, 2.45) is 0 Å². The Balaban J connectivity index is 2.26. The van der Waals surface area contributed by atoms with E-state index in [4.69, 9.17) is 20.3 Å². The Bertz CT molecular complexity index is 604. The van der Waals surface area contributed by atoms with E-state index < -0.39 is 44.1 Å². The van der Waals surface area contributed by atoms with Crippen LogP contribution in [-0.4, -0.2) is 49.0 Å². The van der Waals surface area contributed by atoms with Crippen LogP contribution in [0, 0.1) is 0 Å². The van der Waals surface area contributed by atoms with Gasteiger partial charge in [0.05, 0.1) is 6.16 Å². The molecule has 0 saturated carbocycles. The molecule has 5 N–H and O–H groups in total. The highest BCUT2D eigenvalue weighted by Crippen LogP contribution is 2.41. The summed E-state index contributed by atoms with van der Waals surface area (Å²) < 4.78 is 30.6. The van der Waals surface area contributed by atoms with Crippen molar-refractivity contribution in [3.05, 3.63) is 22.7 Å². The van der Waals surface area contributed by atoms with Crippen molar-refractivity contribution in [3.63, 3.8) is 0 Å². The molecule has 0 radical (unpaired) electrons. The van der Waals surface area contributed by atoms with Crippen molar-refractivity contribution in [1.82, 2.24) is 9.55 Å². The minimum absolute atomic E-state index is 0.0630. The number of hydrogen-bond acceptors (Lipinski definition) is 6. The molecule has 1 saturated heterocycles. The lowest BCUT2D eigenvalue weighted by atomic mass is 10.2. The zero-order valence-electron chi connectivity index (χ0n) is 10.0. The molecule has 0 aromatic carbocycles. The molecule has 112 valence electrons. The highest BCUT2D eigenvalue weighted by Gasteiger charge is 2.47. The third-order valence-corrected chi connectivity index (χ3v) is 3.67. The molecule has 1 aromatic rings. The lowest BCUT2D eigenvalue weighted by Crippen LogP contribution is -2.33. The number of aliphatic hydroxyl groups excluding tert-OH is 1. The second kappa shape index (κ2) is 5.23. The summed E-state index contributed by atoms with van der Waals surface area (Å²) in [5.74, 6) is -0.0630. The molecule has 1 fully saturated rings. The summed E-state index contributed by atoms with van der Waals surface area (Å²) in [4.78, 5) is 32.6. The monoisotopic (exact) mass is 309 g/mol. The van der Waals surface area contributed by atoms with E-state index in [1.165, 1.54) is 6.07 Å². The molecule has 0 aliphatic carbocycles. The molecule has 1 aromatic heterocycles. The number of hydrogen-bond donors (Lipinski definition) is 4. The molecule has 1 aliphatic heterocycles. The summed E-state index contributed by atoms with van der Waals surface area (Å²) >= 11 is 0. The van der Waals surface area contributed by atoms with Crippen LogP contribution in [0.2, 0.25) is 0 Å². The Hall–Kier alpha value is -1.32. The van der Waals surface area contributed by atoms with Gasteiger partial charge in [0.2, 0.25) is 0 Å². The van der Waals surface area contributed by atoms with Gasteiger partial charge in [0.1, 0.15) is 18.0 Å². The maximum atomic E-state index is 13.9. The summed E-state index contributed by atoms with van der Waals surface area (Å²) in [6.45, 7) is 0. The third-order valence-electron chi connectivity index (χ3n) is 2.84. The Kier molecular flexibility index (Phi) is 3.94. The highest BCUT2D eigenvalue weighted by molar-refractivity contribution is 7.51. The Morgan fingerprint density at radius 1 is 1.55 bits per heavy atom. The van der Waals surface area contributed by atoms with Crippen molar-refractivity contribution in [1.29, 1.82) is 0 Å².